The number of ketones is 1. The minimum absolute atomic E-state index is 0.00213. The van der Waals surface area contributed by atoms with Crippen LogP contribution in [-0.4, -0.2) is 22.6 Å². The number of rotatable bonds is 1. The number of nitrogens with zero attached hydrogens (tertiary/aromatic N) is 1. The molecule has 76 valence electrons. The minimum atomic E-state index is -0.406. The van der Waals surface area contributed by atoms with E-state index in [1.54, 1.807) is 6.20 Å². The molecule has 0 aliphatic carbocycles. The van der Waals surface area contributed by atoms with Gasteiger partial charge in [-0.05, 0) is 31.9 Å². The third-order valence-corrected chi connectivity index (χ3v) is 2.26. The lowest BCUT2D eigenvalue weighted by Crippen LogP contribution is -2.42. The van der Waals surface area contributed by atoms with Crippen molar-refractivity contribution < 1.29 is 9.59 Å². The van der Waals surface area contributed by atoms with Gasteiger partial charge in [-0.3, -0.25) is 9.59 Å². The lowest BCUT2D eigenvalue weighted by Gasteiger charge is -2.30. The summed E-state index contributed by atoms with van der Waals surface area (Å²) in [5, 5.41) is 0. The summed E-state index contributed by atoms with van der Waals surface area (Å²) in [6, 6.07) is -0.406. The molecule has 0 bridgehead atoms. The summed E-state index contributed by atoms with van der Waals surface area (Å²) in [5.41, 5.74) is 1.92. The molecule has 0 radical (unpaired) electrons. The van der Waals surface area contributed by atoms with Gasteiger partial charge in [0.25, 0.3) is 0 Å². The van der Waals surface area contributed by atoms with Crippen molar-refractivity contribution in [3.8, 4) is 0 Å². The molecule has 0 aromatic rings. The van der Waals surface area contributed by atoms with Gasteiger partial charge in [-0.2, -0.15) is 0 Å². The Bertz CT molecular complexity index is 339. The van der Waals surface area contributed by atoms with Crippen LogP contribution in [0.1, 0.15) is 27.7 Å². The van der Waals surface area contributed by atoms with Crippen molar-refractivity contribution in [2.75, 3.05) is 0 Å². The van der Waals surface area contributed by atoms with Crippen LogP contribution in [0.4, 0.5) is 0 Å². The third kappa shape index (κ3) is 1.92. The van der Waals surface area contributed by atoms with Gasteiger partial charge in [-0.15, -0.1) is 0 Å². The molecule has 0 spiro atoms. The molecule has 0 saturated carbocycles. The molecule has 1 amide bonds. The SMILES string of the molecule is CC(=O)C1C(C)=CC(C)=CN1C(C)=O. The highest BCUT2D eigenvalue weighted by Gasteiger charge is 2.27. The minimum Gasteiger partial charge on any atom is -0.305 e. The maximum Gasteiger partial charge on any atom is 0.224 e. The van der Waals surface area contributed by atoms with E-state index in [2.05, 4.69) is 0 Å². The average Bonchev–Trinajstić information content (AvgIpc) is 2.01. The average molecular weight is 193 g/mol. The van der Waals surface area contributed by atoms with Crippen molar-refractivity contribution in [1.82, 2.24) is 4.90 Å². The Morgan fingerprint density at radius 1 is 1.29 bits per heavy atom. The Hall–Kier alpha value is -1.38. The van der Waals surface area contributed by atoms with Crippen molar-refractivity contribution in [2.24, 2.45) is 0 Å². The fourth-order valence-electron chi connectivity index (χ4n) is 1.78. The van der Waals surface area contributed by atoms with E-state index in [9.17, 15) is 9.59 Å². The lowest BCUT2D eigenvalue weighted by molar-refractivity contribution is -0.133. The van der Waals surface area contributed by atoms with Crippen LogP contribution in [-0.2, 0) is 9.59 Å². The smallest absolute Gasteiger partial charge is 0.224 e. The van der Waals surface area contributed by atoms with E-state index in [-0.39, 0.29) is 11.7 Å². The monoisotopic (exact) mass is 193 g/mol. The summed E-state index contributed by atoms with van der Waals surface area (Å²) in [5.74, 6) is -0.102. The van der Waals surface area contributed by atoms with Crippen LogP contribution in [0.25, 0.3) is 0 Å². The second kappa shape index (κ2) is 3.78. The molecule has 1 heterocycles. The molecule has 0 aromatic heterocycles. The summed E-state index contributed by atoms with van der Waals surface area (Å²) in [6.07, 6.45) is 3.66. The normalized spacial score (nSPS) is 21.4. The van der Waals surface area contributed by atoms with Crippen molar-refractivity contribution in [3.63, 3.8) is 0 Å². The van der Waals surface area contributed by atoms with Gasteiger partial charge in [-0.1, -0.05) is 6.08 Å². The van der Waals surface area contributed by atoms with E-state index in [0.717, 1.165) is 11.1 Å². The van der Waals surface area contributed by atoms with Gasteiger partial charge in [0.15, 0.2) is 5.78 Å². The van der Waals surface area contributed by atoms with Crippen LogP contribution in [0, 0.1) is 0 Å². The van der Waals surface area contributed by atoms with E-state index in [4.69, 9.17) is 0 Å². The van der Waals surface area contributed by atoms with Crippen molar-refractivity contribution in [1.29, 1.82) is 0 Å². The number of amides is 1. The molecular weight excluding hydrogens is 178 g/mol. The predicted octanol–water partition coefficient (Wildman–Crippen LogP) is 1.66. The van der Waals surface area contributed by atoms with Crippen LogP contribution >= 0.6 is 0 Å². The molecule has 1 aliphatic rings. The second-order valence-corrected chi connectivity index (χ2v) is 3.70. The number of hydrogen-bond acceptors (Lipinski definition) is 2. The van der Waals surface area contributed by atoms with Gasteiger partial charge in [0.2, 0.25) is 5.91 Å². The number of carbonyl (C=O) groups excluding carboxylic acids is 2. The van der Waals surface area contributed by atoms with E-state index in [1.165, 1.54) is 18.7 Å². The van der Waals surface area contributed by atoms with Gasteiger partial charge >= 0.3 is 0 Å². The molecule has 1 rings (SSSR count). The van der Waals surface area contributed by atoms with E-state index in [1.807, 2.05) is 19.9 Å². The molecule has 1 aliphatic heterocycles. The second-order valence-electron chi connectivity index (χ2n) is 3.70. The Kier molecular flexibility index (Phi) is 2.89. The van der Waals surface area contributed by atoms with Crippen LogP contribution in [0.15, 0.2) is 23.4 Å². The van der Waals surface area contributed by atoms with Gasteiger partial charge in [0.1, 0.15) is 6.04 Å². The summed E-state index contributed by atoms with van der Waals surface area (Å²) in [7, 11) is 0. The van der Waals surface area contributed by atoms with E-state index in [0.29, 0.717) is 0 Å². The molecular formula is C11H15NO2. The Morgan fingerprint density at radius 2 is 1.86 bits per heavy atom. The maximum absolute atomic E-state index is 11.4. The Balaban J connectivity index is 3.09. The molecule has 0 fully saturated rings. The quantitative estimate of drug-likeness (QED) is 0.635. The van der Waals surface area contributed by atoms with Crippen LogP contribution < -0.4 is 0 Å². The molecule has 3 nitrogen and oxygen atoms in total. The first-order chi connectivity index (χ1) is 6.43. The van der Waals surface area contributed by atoms with Crippen molar-refractivity contribution in [2.45, 2.75) is 33.7 Å². The molecule has 1 unspecified atom stereocenters. The standard InChI is InChI=1S/C11H15NO2/c1-7-5-8(2)11(9(3)13)12(6-7)10(4)14/h5-6,11H,1-4H3. The molecule has 1 atom stereocenters. The summed E-state index contributed by atoms with van der Waals surface area (Å²) in [4.78, 5) is 24.2. The number of hydrogen-bond donors (Lipinski definition) is 0. The topological polar surface area (TPSA) is 37.4 Å². The zero-order valence-corrected chi connectivity index (χ0v) is 9.00. The van der Waals surface area contributed by atoms with Crippen LogP contribution in [0.5, 0.6) is 0 Å². The number of Topliss-reactive ketones (excluding diaryl/α,β-unsaturated/α-hetero) is 1. The van der Waals surface area contributed by atoms with Crippen LogP contribution in [0.3, 0.4) is 0 Å². The lowest BCUT2D eigenvalue weighted by atomic mass is 9.98. The fraction of sp³-hybridized carbons (Fsp3) is 0.455. The molecule has 3 heteroatoms. The largest absolute Gasteiger partial charge is 0.305 e. The maximum atomic E-state index is 11.4. The Labute approximate surface area is 84.1 Å². The van der Waals surface area contributed by atoms with Crippen molar-refractivity contribution in [3.05, 3.63) is 23.4 Å². The van der Waals surface area contributed by atoms with Gasteiger partial charge < -0.3 is 4.90 Å². The van der Waals surface area contributed by atoms with Gasteiger partial charge in [-0.25, -0.2) is 0 Å². The zero-order valence-electron chi connectivity index (χ0n) is 9.00. The first-order valence-electron chi connectivity index (χ1n) is 4.59. The highest BCUT2D eigenvalue weighted by atomic mass is 16.2. The summed E-state index contributed by atoms with van der Waals surface area (Å²) in [6.45, 7) is 6.76. The summed E-state index contributed by atoms with van der Waals surface area (Å²) >= 11 is 0. The molecule has 14 heavy (non-hydrogen) atoms. The van der Waals surface area contributed by atoms with Crippen LogP contribution in [0.2, 0.25) is 0 Å². The summed E-state index contributed by atoms with van der Waals surface area (Å²) < 4.78 is 0. The molecule has 0 aromatic carbocycles. The van der Waals surface area contributed by atoms with Gasteiger partial charge in [0.05, 0.1) is 0 Å². The molecule has 0 saturated heterocycles. The highest BCUT2D eigenvalue weighted by Crippen LogP contribution is 2.20. The van der Waals surface area contributed by atoms with Gasteiger partial charge in [0, 0.05) is 13.1 Å². The van der Waals surface area contributed by atoms with E-state index < -0.39 is 6.04 Å². The number of allylic oxidation sites excluding steroid dienone is 2. The number of carbonyl (C=O) groups is 2. The first-order valence-corrected chi connectivity index (χ1v) is 4.59. The van der Waals surface area contributed by atoms with E-state index >= 15 is 0 Å². The van der Waals surface area contributed by atoms with Crippen molar-refractivity contribution >= 4 is 11.7 Å². The first kappa shape index (κ1) is 10.7. The zero-order chi connectivity index (χ0) is 10.9. The third-order valence-electron chi connectivity index (χ3n) is 2.26. The fourth-order valence-corrected chi connectivity index (χ4v) is 1.78. The highest BCUT2D eigenvalue weighted by molar-refractivity contribution is 5.90. The predicted molar refractivity (Wildman–Crippen MR) is 54.5 cm³/mol. The Morgan fingerprint density at radius 3 is 2.29 bits per heavy atom. The molecule has 0 N–H and O–H groups in total.